The summed E-state index contributed by atoms with van der Waals surface area (Å²) in [6.07, 6.45) is 12.4. The largest absolute Gasteiger partial charge is 0.380 e. The first-order valence-electron chi connectivity index (χ1n) is 18.2. The first kappa shape index (κ1) is 30.1. The van der Waals surface area contributed by atoms with Crippen LogP contribution in [-0.2, 0) is 23.8 Å². The molecule has 0 aromatic rings. The van der Waals surface area contributed by atoms with Crippen LogP contribution in [0.5, 0.6) is 0 Å². The van der Waals surface area contributed by atoms with E-state index in [9.17, 15) is 9.59 Å². The van der Waals surface area contributed by atoms with Gasteiger partial charge in [0.05, 0.1) is 32.6 Å². The molecule has 2 spiro atoms. The van der Waals surface area contributed by atoms with E-state index < -0.39 is 0 Å². The molecule has 8 rings (SSSR count). The Morgan fingerprint density at radius 1 is 0.886 bits per heavy atom. The molecule has 4 aliphatic heterocycles. The number of fused-ring (bicyclic) bond motifs is 7. The molecule has 8 fully saturated rings. The van der Waals surface area contributed by atoms with E-state index in [0.717, 1.165) is 69.9 Å². The van der Waals surface area contributed by atoms with Gasteiger partial charge < -0.3 is 24.8 Å². The predicted octanol–water partition coefficient (Wildman–Crippen LogP) is 4.71. The number of ether oxygens (including phenoxy) is 3. The summed E-state index contributed by atoms with van der Waals surface area (Å²) in [4.78, 5) is 27.6. The van der Waals surface area contributed by atoms with E-state index in [1.165, 1.54) is 44.9 Å². The van der Waals surface area contributed by atoms with E-state index >= 15 is 0 Å². The molecular formula is C36H57N3O5. The predicted molar refractivity (Wildman–Crippen MR) is 166 cm³/mol. The molecule has 0 aromatic carbocycles. The number of amides is 2. The zero-order valence-electron chi connectivity index (χ0n) is 27.7. The highest BCUT2D eigenvalue weighted by atomic mass is 16.7. The van der Waals surface area contributed by atoms with E-state index in [4.69, 9.17) is 14.2 Å². The normalized spacial score (nSPS) is 50.5. The lowest BCUT2D eigenvalue weighted by Crippen LogP contribution is -2.67. The minimum Gasteiger partial charge on any atom is -0.380 e. The molecule has 2 amide bonds. The molecule has 4 heterocycles. The van der Waals surface area contributed by atoms with Gasteiger partial charge >= 0.3 is 0 Å². The lowest BCUT2D eigenvalue weighted by Gasteiger charge is -2.61. The van der Waals surface area contributed by atoms with Crippen LogP contribution < -0.4 is 10.6 Å². The number of rotatable bonds is 5. The molecule has 4 saturated heterocycles. The van der Waals surface area contributed by atoms with Crippen LogP contribution in [0, 0.1) is 57.7 Å². The number of likely N-dealkylation sites (tertiary alicyclic amines) is 1. The summed E-state index contributed by atoms with van der Waals surface area (Å²) in [6.45, 7) is 15.0. The first-order chi connectivity index (χ1) is 21.0. The van der Waals surface area contributed by atoms with Crippen LogP contribution >= 0.6 is 0 Å². The van der Waals surface area contributed by atoms with Crippen molar-refractivity contribution in [3.8, 4) is 0 Å². The Labute approximate surface area is 264 Å². The summed E-state index contributed by atoms with van der Waals surface area (Å²) in [5.41, 5.74) is 1.05. The van der Waals surface area contributed by atoms with Gasteiger partial charge in [-0.25, -0.2) is 0 Å². The molecule has 0 aromatic heterocycles. The summed E-state index contributed by atoms with van der Waals surface area (Å²) in [6, 6.07) is 0.196. The average molecular weight is 612 g/mol. The number of hydrogen-bond acceptors (Lipinski definition) is 6. The molecule has 44 heavy (non-hydrogen) atoms. The maximum Gasteiger partial charge on any atom is 0.230 e. The monoisotopic (exact) mass is 611 g/mol. The van der Waals surface area contributed by atoms with Gasteiger partial charge in [-0.15, -0.1) is 0 Å². The average Bonchev–Trinajstić information content (AvgIpc) is 3.38. The summed E-state index contributed by atoms with van der Waals surface area (Å²) in [5.74, 6) is 4.12. The van der Waals surface area contributed by atoms with Crippen molar-refractivity contribution < 1.29 is 23.8 Å². The number of carbonyl (C=O) groups excluding carboxylic acids is 2. The zero-order valence-corrected chi connectivity index (χ0v) is 27.7. The molecule has 8 nitrogen and oxygen atoms in total. The van der Waals surface area contributed by atoms with Crippen molar-refractivity contribution >= 4 is 11.8 Å². The lowest BCUT2D eigenvalue weighted by atomic mass is 9.44. The molecule has 246 valence electrons. The quantitative estimate of drug-likeness (QED) is 0.438. The second-order valence-corrected chi connectivity index (χ2v) is 17.6. The van der Waals surface area contributed by atoms with Crippen molar-refractivity contribution in [2.24, 2.45) is 57.7 Å². The Hall–Kier alpha value is -1.22. The van der Waals surface area contributed by atoms with E-state index in [1.54, 1.807) is 0 Å². The molecular weight excluding hydrogens is 554 g/mol. The Balaban J connectivity index is 0.848. The van der Waals surface area contributed by atoms with Crippen LogP contribution in [-0.4, -0.2) is 74.2 Å². The summed E-state index contributed by atoms with van der Waals surface area (Å²) >= 11 is 0. The van der Waals surface area contributed by atoms with Crippen LogP contribution in [0.1, 0.15) is 98.3 Å². The molecule has 2 N–H and O–H groups in total. The van der Waals surface area contributed by atoms with Crippen LogP contribution in [0.2, 0.25) is 0 Å². The third-order valence-electron chi connectivity index (χ3n) is 15.1. The van der Waals surface area contributed by atoms with E-state index in [1.807, 2.05) is 0 Å². The van der Waals surface area contributed by atoms with Crippen molar-refractivity contribution in [3.05, 3.63) is 0 Å². The van der Waals surface area contributed by atoms with Crippen molar-refractivity contribution in [1.82, 2.24) is 15.5 Å². The summed E-state index contributed by atoms with van der Waals surface area (Å²) in [7, 11) is 0. The van der Waals surface area contributed by atoms with E-state index in [2.05, 4.69) is 43.2 Å². The maximum absolute atomic E-state index is 12.9. The van der Waals surface area contributed by atoms with Crippen molar-refractivity contribution in [2.45, 2.75) is 116 Å². The molecule has 8 aliphatic rings. The zero-order chi connectivity index (χ0) is 30.5. The maximum atomic E-state index is 12.9. The molecule has 8 heteroatoms. The van der Waals surface area contributed by atoms with Crippen LogP contribution in [0.25, 0.3) is 0 Å². The van der Waals surface area contributed by atoms with Crippen LogP contribution in [0.15, 0.2) is 0 Å². The number of hydrogen-bond donors (Lipinski definition) is 2. The molecule has 12 atom stereocenters. The van der Waals surface area contributed by atoms with Gasteiger partial charge in [0.25, 0.3) is 0 Å². The van der Waals surface area contributed by atoms with Crippen LogP contribution in [0.3, 0.4) is 0 Å². The van der Waals surface area contributed by atoms with Crippen LogP contribution in [0.4, 0.5) is 0 Å². The Morgan fingerprint density at radius 2 is 1.68 bits per heavy atom. The topological polar surface area (TPSA) is 89.1 Å². The Morgan fingerprint density at radius 3 is 2.41 bits per heavy atom. The van der Waals surface area contributed by atoms with Crippen molar-refractivity contribution in [1.29, 1.82) is 0 Å². The fourth-order valence-electron chi connectivity index (χ4n) is 12.7. The smallest absolute Gasteiger partial charge is 0.230 e. The fourth-order valence-corrected chi connectivity index (χ4v) is 12.7. The van der Waals surface area contributed by atoms with Crippen molar-refractivity contribution in [2.75, 3.05) is 39.6 Å². The van der Waals surface area contributed by atoms with Gasteiger partial charge in [0.15, 0.2) is 5.79 Å². The second kappa shape index (κ2) is 10.6. The highest BCUT2D eigenvalue weighted by Crippen LogP contribution is 2.71. The number of nitrogens with one attached hydrogen (secondary N) is 2. The minimum atomic E-state index is -0.330. The molecule has 4 saturated carbocycles. The van der Waals surface area contributed by atoms with E-state index in [0.29, 0.717) is 52.7 Å². The van der Waals surface area contributed by atoms with Crippen molar-refractivity contribution in [3.63, 3.8) is 0 Å². The minimum absolute atomic E-state index is 0.0698. The Kier molecular flexibility index (Phi) is 7.29. The van der Waals surface area contributed by atoms with Gasteiger partial charge in [0, 0.05) is 36.9 Å². The third-order valence-corrected chi connectivity index (χ3v) is 15.1. The second-order valence-electron chi connectivity index (χ2n) is 17.6. The van der Waals surface area contributed by atoms with Gasteiger partial charge in [0.1, 0.15) is 6.42 Å². The highest BCUT2D eigenvalue weighted by Gasteiger charge is 2.69. The standard InChI is InChI=1S/C36H57N3O5/c1-22-7-12-36(43-16-22)23(2)32-29(44-36)14-28-26-6-5-24-13-25(8-10-33(24,3)27(26)9-11-34(28,32)4)38-31(41)15-30(40)37-21-39-17-35(18-39)19-42-20-35/h22-29,32H,5-21H2,1-4H3,(H,37,40)(H,38,41)/t22-,23-,24+,25-,26+,27-,28-,29-,32-,33-,34-,36+/m0/s1. The Bertz CT molecular complexity index is 1140. The molecule has 4 aliphatic carbocycles. The molecule has 0 bridgehead atoms. The van der Waals surface area contributed by atoms with Gasteiger partial charge in [-0.1, -0.05) is 27.7 Å². The third kappa shape index (κ3) is 4.65. The van der Waals surface area contributed by atoms with Gasteiger partial charge in [-0.2, -0.15) is 0 Å². The number of nitrogens with zero attached hydrogens (tertiary/aromatic N) is 1. The lowest BCUT2D eigenvalue weighted by molar-refractivity contribution is -0.273. The first-order valence-corrected chi connectivity index (χ1v) is 18.2. The summed E-state index contributed by atoms with van der Waals surface area (Å²) < 4.78 is 18.8. The molecule has 0 unspecified atom stereocenters. The fraction of sp³-hybridized carbons (Fsp3) is 0.944. The summed E-state index contributed by atoms with van der Waals surface area (Å²) in [5, 5.41) is 6.21. The molecule has 0 radical (unpaired) electrons. The highest BCUT2D eigenvalue weighted by molar-refractivity contribution is 5.96. The van der Waals surface area contributed by atoms with Gasteiger partial charge in [-0.05, 0) is 104 Å². The van der Waals surface area contributed by atoms with E-state index in [-0.39, 0.29) is 30.1 Å². The number of carbonyl (C=O) groups is 2. The van der Waals surface area contributed by atoms with Gasteiger partial charge in [-0.3, -0.25) is 14.5 Å². The van der Waals surface area contributed by atoms with Gasteiger partial charge in [0.2, 0.25) is 11.8 Å². The SMILES string of the molecule is C[C@H]1CC[C@@]2(OC1)O[C@H]1C[C@H]3[C@@H]4CC[C@@H]5C[C@@H](NC(=O)CC(=O)NCN6CC7(COC7)C6)CC[C@]5(C)[C@H]4CC[C@]3(C)[C@H]1[C@@H]2C.